The molecule has 1 rings (SSSR count). The highest BCUT2D eigenvalue weighted by Crippen LogP contribution is 2.14. The van der Waals surface area contributed by atoms with E-state index in [-0.39, 0.29) is 10.5 Å². The summed E-state index contributed by atoms with van der Waals surface area (Å²) in [5, 5.41) is 0. The standard InChI is InChI=1S/C11H17N3O3S/c1-11(2,3)14-18(16,17)9-6-4-5-8(7-9)10(15)13-12/h4-7,14H,12H2,1-3H3,(H,13,15). The summed E-state index contributed by atoms with van der Waals surface area (Å²) in [5.74, 6) is 4.46. The number of hydrogen-bond donors (Lipinski definition) is 3. The van der Waals surface area contributed by atoms with Crippen LogP contribution in [0.5, 0.6) is 0 Å². The van der Waals surface area contributed by atoms with E-state index in [4.69, 9.17) is 5.84 Å². The topological polar surface area (TPSA) is 101 Å². The third kappa shape index (κ3) is 3.80. The van der Waals surface area contributed by atoms with E-state index in [2.05, 4.69) is 4.72 Å². The van der Waals surface area contributed by atoms with Crippen LogP contribution in [0.1, 0.15) is 31.1 Å². The fraction of sp³-hybridized carbons (Fsp3) is 0.364. The van der Waals surface area contributed by atoms with Crippen LogP contribution in [-0.2, 0) is 10.0 Å². The van der Waals surface area contributed by atoms with Crippen molar-refractivity contribution in [1.29, 1.82) is 0 Å². The normalized spacial score (nSPS) is 12.2. The molecule has 0 heterocycles. The Morgan fingerprint density at radius 3 is 2.39 bits per heavy atom. The first-order valence-electron chi connectivity index (χ1n) is 5.31. The van der Waals surface area contributed by atoms with Crippen molar-refractivity contribution in [3.05, 3.63) is 29.8 Å². The zero-order valence-corrected chi connectivity index (χ0v) is 11.3. The lowest BCUT2D eigenvalue weighted by molar-refractivity contribution is 0.0953. The lowest BCUT2D eigenvalue weighted by atomic mass is 10.1. The Hall–Kier alpha value is -1.44. The highest BCUT2D eigenvalue weighted by Gasteiger charge is 2.22. The number of nitrogens with one attached hydrogen (secondary N) is 2. The highest BCUT2D eigenvalue weighted by atomic mass is 32.2. The van der Waals surface area contributed by atoms with E-state index >= 15 is 0 Å². The monoisotopic (exact) mass is 271 g/mol. The third-order valence-electron chi connectivity index (χ3n) is 1.98. The van der Waals surface area contributed by atoms with Crippen molar-refractivity contribution in [3.63, 3.8) is 0 Å². The molecular weight excluding hydrogens is 254 g/mol. The average molecular weight is 271 g/mol. The Labute approximate surface area is 107 Å². The summed E-state index contributed by atoms with van der Waals surface area (Å²) in [6.45, 7) is 5.21. The van der Waals surface area contributed by atoms with Gasteiger partial charge in [0.25, 0.3) is 5.91 Å². The number of carbonyl (C=O) groups excluding carboxylic acids is 1. The first-order valence-corrected chi connectivity index (χ1v) is 6.79. The molecule has 0 aliphatic carbocycles. The maximum absolute atomic E-state index is 12.0. The van der Waals surface area contributed by atoms with Crippen LogP contribution in [0.15, 0.2) is 29.2 Å². The zero-order valence-electron chi connectivity index (χ0n) is 10.5. The predicted octanol–water partition coefficient (Wildman–Crippen LogP) is 0.367. The van der Waals surface area contributed by atoms with Crippen LogP contribution < -0.4 is 16.0 Å². The molecule has 1 aromatic carbocycles. The van der Waals surface area contributed by atoms with Gasteiger partial charge in [-0.15, -0.1) is 0 Å². The number of benzene rings is 1. The van der Waals surface area contributed by atoms with Crippen molar-refractivity contribution in [2.45, 2.75) is 31.2 Å². The second kappa shape index (κ2) is 5.05. The molecule has 0 aliphatic heterocycles. The zero-order chi connectivity index (χ0) is 14.0. The predicted molar refractivity (Wildman–Crippen MR) is 68.2 cm³/mol. The summed E-state index contributed by atoms with van der Waals surface area (Å²) in [4.78, 5) is 11.4. The molecule has 4 N–H and O–H groups in total. The molecule has 0 radical (unpaired) electrons. The Balaban J connectivity index is 3.14. The number of hydrazine groups is 1. The summed E-state index contributed by atoms with van der Waals surface area (Å²) < 4.78 is 26.6. The van der Waals surface area contributed by atoms with E-state index in [1.54, 1.807) is 20.8 Å². The van der Waals surface area contributed by atoms with Crippen LogP contribution in [0.2, 0.25) is 0 Å². The van der Waals surface area contributed by atoms with Gasteiger partial charge in [-0.25, -0.2) is 19.0 Å². The minimum absolute atomic E-state index is 0.0264. The lowest BCUT2D eigenvalue weighted by Gasteiger charge is -2.20. The van der Waals surface area contributed by atoms with Gasteiger partial charge in [0.2, 0.25) is 10.0 Å². The molecule has 18 heavy (non-hydrogen) atoms. The van der Waals surface area contributed by atoms with Gasteiger partial charge >= 0.3 is 0 Å². The van der Waals surface area contributed by atoms with Gasteiger partial charge < -0.3 is 0 Å². The Morgan fingerprint density at radius 1 is 1.28 bits per heavy atom. The molecule has 1 aromatic rings. The van der Waals surface area contributed by atoms with E-state index in [0.29, 0.717) is 0 Å². The summed E-state index contributed by atoms with van der Waals surface area (Å²) in [6.07, 6.45) is 0. The molecule has 6 nitrogen and oxygen atoms in total. The number of hydrogen-bond acceptors (Lipinski definition) is 4. The van der Waals surface area contributed by atoms with Crippen molar-refractivity contribution in [2.24, 2.45) is 5.84 Å². The molecule has 0 fully saturated rings. The molecule has 0 saturated carbocycles. The molecule has 0 aromatic heterocycles. The van der Waals surface area contributed by atoms with Crippen molar-refractivity contribution in [1.82, 2.24) is 10.1 Å². The Kier molecular flexibility index (Phi) is 4.10. The van der Waals surface area contributed by atoms with Gasteiger partial charge in [0.05, 0.1) is 4.90 Å². The summed E-state index contributed by atoms with van der Waals surface area (Å²) >= 11 is 0. The van der Waals surface area contributed by atoms with Gasteiger partial charge in [-0.3, -0.25) is 10.2 Å². The molecule has 7 heteroatoms. The maximum Gasteiger partial charge on any atom is 0.265 e. The minimum atomic E-state index is -3.65. The van der Waals surface area contributed by atoms with Crippen LogP contribution in [0.4, 0.5) is 0 Å². The summed E-state index contributed by atoms with van der Waals surface area (Å²) in [6, 6.07) is 5.66. The van der Waals surface area contributed by atoms with Crippen LogP contribution in [0, 0.1) is 0 Å². The van der Waals surface area contributed by atoms with Gasteiger partial charge in [0.1, 0.15) is 0 Å². The smallest absolute Gasteiger partial charge is 0.265 e. The third-order valence-corrected chi connectivity index (χ3v) is 3.73. The van der Waals surface area contributed by atoms with Crippen molar-refractivity contribution in [2.75, 3.05) is 0 Å². The van der Waals surface area contributed by atoms with E-state index in [9.17, 15) is 13.2 Å². The van der Waals surface area contributed by atoms with Crippen molar-refractivity contribution in [3.8, 4) is 0 Å². The van der Waals surface area contributed by atoms with Crippen molar-refractivity contribution < 1.29 is 13.2 Å². The summed E-state index contributed by atoms with van der Waals surface area (Å²) in [5.41, 5.74) is 1.55. The summed E-state index contributed by atoms with van der Waals surface area (Å²) in [7, 11) is -3.65. The molecule has 0 atom stereocenters. The van der Waals surface area contributed by atoms with Crippen LogP contribution >= 0.6 is 0 Å². The molecule has 0 saturated heterocycles. The van der Waals surface area contributed by atoms with Gasteiger partial charge in [0, 0.05) is 11.1 Å². The fourth-order valence-corrected chi connectivity index (χ4v) is 2.81. The SMILES string of the molecule is CC(C)(C)NS(=O)(=O)c1cccc(C(=O)NN)c1. The first kappa shape index (κ1) is 14.6. The number of nitrogen functional groups attached to an aromatic ring is 1. The van der Waals surface area contributed by atoms with Gasteiger partial charge in [-0.05, 0) is 39.0 Å². The molecule has 0 bridgehead atoms. The van der Waals surface area contributed by atoms with Gasteiger partial charge in [-0.1, -0.05) is 6.07 Å². The number of carbonyl (C=O) groups is 1. The largest absolute Gasteiger partial charge is 0.290 e. The van der Waals surface area contributed by atoms with Crippen LogP contribution in [0.25, 0.3) is 0 Å². The minimum Gasteiger partial charge on any atom is -0.290 e. The first-order chi connectivity index (χ1) is 8.15. The van der Waals surface area contributed by atoms with Gasteiger partial charge in [-0.2, -0.15) is 0 Å². The average Bonchev–Trinajstić information content (AvgIpc) is 2.25. The maximum atomic E-state index is 12.0. The molecule has 100 valence electrons. The number of amides is 1. The van der Waals surface area contributed by atoms with E-state index in [1.165, 1.54) is 24.3 Å². The van der Waals surface area contributed by atoms with Crippen LogP contribution in [-0.4, -0.2) is 19.9 Å². The highest BCUT2D eigenvalue weighted by molar-refractivity contribution is 7.89. The van der Waals surface area contributed by atoms with Crippen molar-refractivity contribution >= 4 is 15.9 Å². The van der Waals surface area contributed by atoms with Crippen LogP contribution in [0.3, 0.4) is 0 Å². The fourth-order valence-electron chi connectivity index (χ4n) is 1.35. The Bertz CT molecular complexity index is 547. The number of nitrogens with two attached hydrogens (primary N) is 1. The van der Waals surface area contributed by atoms with E-state index in [0.717, 1.165) is 0 Å². The quantitative estimate of drug-likeness (QED) is 0.420. The Morgan fingerprint density at radius 2 is 1.89 bits per heavy atom. The second-order valence-corrected chi connectivity index (χ2v) is 6.54. The molecule has 0 aliphatic rings. The lowest BCUT2D eigenvalue weighted by Crippen LogP contribution is -2.40. The number of sulfonamides is 1. The molecule has 0 unspecified atom stereocenters. The van der Waals surface area contributed by atoms with E-state index < -0.39 is 21.5 Å². The molecular formula is C11H17N3O3S. The van der Waals surface area contributed by atoms with E-state index in [1.807, 2.05) is 5.43 Å². The molecule has 1 amide bonds. The molecule has 0 spiro atoms. The second-order valence-electron chi connectivity index (χ2n) is 4.86. The van der Waals surface area contributed by atoms with Gasteiger partial charge in [0.15, 0.2) is 0 Å². The number of rotatable bonds is 3.